The molecular weight excluding hydrogens is 335 g/mol. The third-order valence-electron chi connectivity index (χ3n) is 3.87. The summed E-state index contributed by atoms with van der Waals surface area (Å²) in [5.41, 5.74) is 1.92. The van der Waals surface area contributed by atoms with Crippen molar-refractivity contribution in [3.63, 3.8) is 0 Å². The lowest BCUT2D eigenvalue weighted by Crippen LogP contribution is -2.40. The van der Waals surface area contributed by atoms with Crippen molar-refractivity contribution in [2.24, 2.45) is 0 Å². The maximum absolute atomic E-state index is 13.1. The third kappa shape index (κ3) is 3.25. The number of fused-ring (bicyclic) bond motifs is 1. The van der Waals surface area contributed by atoms with Crippen molar-refractivity contribution < 1.29 is 19.1 Å². The minimum Gasteiger partial charge on any atom is -0.390 e. The monoisotopic (exact) mass is 348 g/mol. The number of carbonyl (C=O) groups excluding carboxylic acids is 2. The number of halogens is 2. The predicted molar refractivity (Wildman–Crippen MR) is 87.1 cm³/mol. The van der Waals surface area contributed by atoms with Crippen LogP contribution >= 0.6 is 11.6 Å². The molecular formula is C17H14ClFN2O3. The fourth-order valence-corrected chi connectivity index (χ4v) is 2.90. The second-order valence-corrected chi connectivity index (χ2v) is 5.91. The molecule has 0 aliphatic heterocycles. The van der Waals surface area contributed by atoms with E-state index in [0.29, 0.717) is 6.42 Å². The molecule has 0 radical (unpaired) electrons. The summed E-state index contributed by atoms with van der Waals surface area (Å²) in [6.45, 7) is 0. The quantitative estimate of drug-likeness (QED) is 0.728. The molecule has 0 bridgehead atoms. The van der Waals surface area contributed by atoms with Crippen molar-refractivity contribution >= 4 is 29.1 Å². The molecule has 2 aromatic carbocycles. The van der Waals surface area contributed by atoms with Gasteiger partial charge < -0.3 is 15.7 Å². The number of rotatable bonds is 2. The average Bonchev–Trinajstić information content (AvgIpc) is 2.87. The zero-order valence-corrected chi connectivity index (χ0v) is 13.2. The molecule has 2 amide bonds. The van der Waals surface area contributed by atoms with Gasteiger partial charge >= 0.3 is 11.8 Å². The Morgan fingerprint density at radius 1 is 1.17 bits per heavy atom. The molecule has 1 aliphatic rings. The molecule has 24 heavy (non-hydrogen) atoms. The third-order valence-corrected chi connectivity index (χ3v) is 4.16. The van der Waals surface area contributed by atoms with Crippen LogP contribution in [-0.2, 0) is 16.0 Å². The normalized spacial score (nSPS) is 18.8. The predicted octanol–water partition coefficient (Wildman–Crippen LogP) is 2.19. The Morgan fingerprint density at radius 3 is 2.67 bits per heavy atom. The fourth-order valence-electron chi connectivity index (χ4n) is 2.72. The van der Waals surface area contributed by atoms with Gasteiger partial charge in [-0.25, -0.2) is 4.39 Å². The number of aliphatic hydroxyl groups excluding tert-OH is 1. The summed E-state index contributed by atoms with van der Waals surface area (Å²) in [6, 6.07) is 10.3. The van der Waals surface area contributed by atoms with Gasteiger partial charge in [0, 0.05) is 12.1 Å². The lowest BCUT2D eigenvalue weighted by Gasteiger charge is -2.17. The molecule has 124 valence electrons. The molecule has 5 nitrogen and oxygen atoms in total. The molecule has 0 fully saturated rings. The standard InChI is InChI=1S/C17H14ClFN2O3/c18-12-8-10(5-6-13(12)19)20-16(23)17(24)21-15-11-4-2-1-3-9(11)7-14(15)22/h1-6,8,14-15,22H,7H2,(H,20,23)(H,21,24). The first-order valence-electron chi connectivity index (χ1n) is 7.28. The minimum atomic E-state index is -0.922. The second-order valence-electron chi connectivity index (χ2n) is 5.50. The second kappa shape index (κ2) is 6.59. The van der Waals surface area contributed by atoms with E-state index in [1.165, 1.54) is 12.1 Å². The average molecular weight is 349 g/mol. The van der Waals surface area contributed by atoms with Crippen LogP contribution in [0.5, 0.6) is 0 Å². The van der Waals surface area contributed by atoms with Crippen molar-refractivity contribution in [3.8, 4) is 0 Å². The SMILES string of the molecule is O=C(Nc1ccc(F)c(Cl)c1)C(=O)NC1c2ccccc2CC1O. The minimum absolute atomic E-state index is 0.159. The van der Waals surface area contributed by atoms with Gasteiger partial charge in [0.2, 0.25) is 0 Å². The number of hydrogen-bond donors (Lipinski definition) is 3. The molecule has 7 heteroatoms. The van der Waals surface area contributed by atoms with Crippen molar-refractivity contribution in [1.82, 2.24) is 5.32 Å². The summed E-state index contributed by atoms with van der Waals surface area (Å²) in [5.74, 6) is -2.43. The lowest BCUT2D eigenvalue weighted by molar-refractivity contribution is -0.137. The Bertz CT molecular complexity index is 812. The maximum Gasteiger partial charge on any atom is 0.313 e. The smallest absolute Gasteiger partial charge is 0.313 e. The molecule has 1 aliphatic carbocycles. The molecule has 3 rings (SSSR count). The summed E-state index contributed by atoms with van der Waals surface area (Å²) >= 11 is 5.63. The number of carbonyl (C=O) groups is 2. The van der Waals surface area contributed by atoms with Crippen molar-refractivity contribution in [2.75, 3.05) is 5.32 Å². The molecule has 2 unspecified atom stereocenters. The number of hydrogen-bond acceptors (Lipinski definition) is 3. The topological polar surface area (TPSA) is 78.4 Å². The van der Waals surface area contributed by atoms with Crippen LogP contribution in [0, 0.1) is 5.82 Å². The van der Waals surface area contributed by atoms with Crippen LogP contribution in [0.3, 0.4) is 0 Å². The summed E-state index contributed by atoms with van der Waals surface area (Å²) in [6.07, 6.45) is -0.379. The fraction of sp³-hybridized carbons (Fsp3) is 0.176. The number of benzene rings is 2. The Morgan fingerprint density at radius 2 is 1.92 bits per heavy atom. The maximum atomic E-state index is 13.1. The van der Waals surface area contributed by atoms with Gasteiger partial charge in [-0.05, 0) is 29.3 Å². The van der Waals surface area contributed by atoms with Gasteiger partial charge in [-0.1, -0.05) is 35.9 Å². The van der Waals surface area contributed by atoms with Gasteiger partial charge in [0.1, 0.15) is 5.82 Å². The number of aliphatic hydroxyl groups is 1. The first-order valence-corrected chi connectivity index (χ1v) is 7.66. The zero-order chi connectivity index (χ0) is 17.3. The molecule has 3 N–H and O–H groups in total. The summed E-state index contributed by atoms with van der Waals surface area (Å²) < 4.78 is 13.1. The van der Waals surface area contributed by atoms with Crippen molar-refractivity contribution in [3.05, 3.63) is 64.4 Å². The van der Waals surface area contributed by atoms with Gasteiger partial charge in [-0.15, -0.1) is 0 Å². The molecule has 2 aromatic rings. The van der Waals surface area contributed by atoms with Crippen molar-refractivity contribution in [1.29, 1.82) is 0 Å². The number of amides is 2. The molecule has 0 heterocycles. The molecule has 2 atom stereocenters. The Labute approximate surface area is 142 Å². The van der Waals surface area contributed by atoms with Gasteiger partial charge in [0.05, 0.1) is 17.2 Å². The first kappa shape index (κ1) is 16.4. The Kier molecular flexibility index (Phi) is 4.51. The molecule has 0 spiro atoms. The van der Waals surface area contributed by atoms with E-state index in [4.69, 9.17) is 11.6 Å². The highest BCUT2D eigenvalue weighted by Crippen LogP contribution is 2.31. The number of anilines is 1. The number of nitrogens with one attached hydrogen (secondary N) is 2. The van der Waals surface area contributed by atoms with Gasteiger partial charge in [0.25, 0.3) is 0 Å². The Balaban J connectivity index is 1.68. The highest BCUT2D eigenvalue weighted by atomic mass is 35.5. The van der Waals surface area contributed by atoms with Crippen LogP contribution < -0.4 is 10.6 Å². The highest BCUT2D eigenvalue weighted by molar-refractivity contribution is 6.40. The van der Waals surface area contributed by atoms with Gasteiger partial charge in [-0.3, -0.25) is 9.59 Å². The van der Waals surface area contributed by atoms with Gasteiger partial charge in [0.15, 0.2) is 0 Å². The Hall–Kier alpha value is -2.44. The van der Waals surface area contributed by atoms with E-state index in [2.05, 4.69) is 10.6 Å². The van der Waals surface area contributed by atoms with E-state index in [1.807, 2.05) is 12.1 Å². The van der Waals surface area contributed by atoms with Crippen LogP contribution in [0.15, 0.2) is 42.5 Å². The van der Waals surface area contributed by atoms with E-state index in [-0.39, 0.29) is 10.7 Å². The molecule has 0 saturated heterocycles. The van der Waals surface area contributed by atoms with Crippen LogP contribution in [0.1, 0.15) is 17.2 Å². The van der Waals surface area contributed by atoms with Crippen LogP contribution in [-0.4, -0.2) is 23.0 Å². The van der Waals surface area contributed by atoms with E-state index in [1.54, 1.807) is 12.1 Å². The lowest BCUT2D eigenvalue weighted by atomic mass is 10.1. The van der Waals surface area contributed by atoms with E-state index in [9.17, 15) is 19.1 Å². The van der Waals surface area contributed by atoms with Crippen LogP contribution in [0.2, 0.25) is 5.02 Å². The summed E-state index contributed by atoms with van der Waals surface area (Å²) in [4.78, 5) is 24.0. The van der Waals surface area contributed by atoms with E-state index < -0.39 is 29.8 Å². The molecule has 0 saturated carbocycles. The molecule has 0 aromatic heterocycles. The van der Waals surface area contributed by atoms with E-state index in [0.717, 1.165) is 17.2 Å². The largest absolute Gasteiger partial charge is 0.390 e. The van der Waals surface area contributed by atoms with Crippen LogP contribution in [0.4, 0.5) is 10.1 Å². The first-order chi connectivity index (χ1) is 11.5. The van der Waals surface area contributed by atoms with Gasteiger partial charge in [-0.2, -0.15) is 0 Å². The summed E-state index contributed by atoms with van der Waals surface area (Å²) in [7, 11) is 0. The summed E-state index contributed by atoms with van der Waals surface area (Å²) in [5, 5.41) is 14.8. The van der Waals surface area contributed by atoms with Crippen molar-refractivity contribution in [2.45, 2.75) is 18.6 Å². The highest BCUT2D eigenvalue weighted by Gasteiger charge is 2.33. The van der Waals surface area contributed by atoms with E-state index >= 15 is 0 Å². The zero-order valence-electron chi connectivity index (χ0n) is 12.4. The van der Waals surface area contributed by atoms with Crippen LogP contribution in [0.25, 0.3) is 0 Å².